The van der Waals surface area contributed by atoms with E-state index in [2.05, 4.69) is 73.2 Å². The highest BCUT2D eigenvalue weighted by Gasteiger charge is 2.38. The van der Waals surface area contributed by atoms with E-state index in [1.807, 2.05) is 24.7 Å². The second-order valence-corrected chi connectivity index (χ2v) is 6.70. The van der Waals surface area contributed by atoms with Crippen LogP contribution >= 0.6 is 0 Å². The molecule has 1 aliphatic heterocycles. The topological polar surface area (TPSA) is 39.5 Å². The molecule has 0 radical (unpaired) electrons. The Bertz CT molecular complexity index is 1310. The van der Waals surface area contributed by atoms with Crippen LogP contribution in [0, 0.1) is 0 Å². The largest absolute Gasteiger partial charge is 0.307 e. The fraction of sp³-hybridized carbons (Fsp3) is 0.0952. The molecule has 4 aromatic heterocycles. The van der Waals surface area contributed by atoms with Gasteiger partial charge < -0.3 is 4.57 Å². The van der Waals surface area contributed by atoms with Crippen LogP contribution in [0.1, 0.15) is 5.69 Å². The first-order valence-electron chi connectivity index (χ1n) is 8.71. The van der Waals surface area contributed by atoms with Crippen LogP contribution < -0.4 is 4.57 Å². The molecule has 0 N–H and O–H groups in total. The number of aryl methyl sites for hydroxylation is 1. The molecular formula is C21H16N5+. The van der Waals surface area contributed by atoms with Crippen molar-refractivity contribution < 1.29 is 4.57 Å². The van der Waals surface area contributed by atoms with Crippen molar-refractivity contribution in [1.29, 1.82) is 0 Å². The number of nitrogens with zero attached hydrogens (tertiary/aromatic N) is 5. The molecule has 5 heteroatoms. The molecule has 0 spiro atoms. The van der Waals surface area contributed by atoms with Crippen LogP contribution in [0.15, 0.2) is 67.1 Å². The van der Waals surface area contributed by atoms with E-state index in [4.69, 9.17) is 0 Å². The molecule has 0 bridgehead atoms. The summed E-state index contributed by atoms with van der Waals surface area (Å²) in [5.74, 6) is 1.19. The first-order chi connectivity index (χ1) is 12.8. The molecule has 0 saturated heterocycles. The van der Waals surface area contributed by atoms with Crippen molar-refractivity contribution in [3.8, 4) is 17.1 Å². The highest BCUT2D eigenvalue weighted by molar-refractivity contribution is 6.03. The molecule has 0 fully saturated rings. The zero-order valence-corrected chi connectivity index (χ0v) is 14.3. The van der Waals surface area contributed by atoms with E-state index in [1.165, 1.54) is 33.5 Å². The average Bonchev–Trinajstić information content (AvgIpc) is 3.31. The summed E-state index contributed by atoms with van der Waals surface area (Å²) in [4.78, 5) is 9.00. The Morgan fingerprint density at radius 3 is 2.77 bits per heavy atom. The van der Waals surface area contributed by atoms with Gasteiger partial charge in [0, 0.05) is 25.6 Å². The van der Waals surface area contributed by atoms with E-state index < -0.39 is 0 Å². The Balaban J connectivity index is 1.87. The molecule has 124 valence electrons. The zero-order valence-electron chi connectivity index (χ0n) is 14.3. The second-order valence-electron chi connectivity index (χ2n) is 6.70. The van der Waals surface area contributed by atoms with Gasteiger partial charge in [-0.3, -0.25) is 9.97 Å². The highest BCUT2D eigenvalue weighted by Crippen LogP contribution is 2.36. The van der Waals surface area contributed by atoms with Gasteiger partial charge in [-0.05, 0) is 30.3 Å². The Labute approximate surface area is 149 Å². The SMILES string of the molecule is Cn1c2ccncc2c2c1n(-c1ccccc1)c1[n+]2Cc2ncccc2-1. The first kappa shape index (κ1) is 13.8. The van der Waals surface area contributed by atoms with Gasteiger partial charge in [-0.2, -0.15) is 4.57 Å². The predicted octanol–water partition coefficient (Wildman–Crippen LogP) is 3.23. The fourth-order valence-electron chi connectivity index (χ4n) is 4.26. The molecule has 0 unspecified atom stereocenters. The van der Waals surface area contributed by atoms with Crippen LogP contribution in [0.25, 0.3) is 39.1 Å². The van der Waals surface area contributed by atoms with Gasteiger partial charge in [-0.1, -0.05) is 18.2 Å². The van der Waals surface area contributed by atoms with E-state index in [0.717, 1.165) is 17.9 Å². The van der Waals surface area contributed by atoms with Gasteiger partial charge in [0.05, 0.1) is 22.2 Å². The lowest BCUT2D eigenvalue weighted by Gasteiger charge is -2.03. The zero-order chi connectivity index (χ0) is 17.3. The standard InChI is InChI=1S/C21H16N5/c1-24-18-9-11-22-12-16(18)19-21(24)26(14-6-3-2-4-7-14)20-15-8-5-10-23-17(15)13-25(19)20/h2-12H,13H2,1H3/q+1. The highest BCUT2D eigenvalue weighted by atomic mass is 15.3. The molecule has 0 aliphatic carbocycles. The number of rotatable bonds is 1. The lowest BCUT2D eigenvalue weighted by atomic mass is 10.2. The van der Waals surface area contributed by atoms with Crippen molar-refractivity contribution in [2.24, 2.45) is 7.05 Å². The minimum Gasteiger partial charge on any atom is -0.307 e. The number of hydrogen-bond acceptors (Lipinski definition) is 2. The normalized spacial score (nSPS) is 12.7. The second kappa shape index (κ2) is 4.79. The smallest absolute Gasteiger partial charge is 0.298 e. The van der Waals surface area contributed by atoms with E-state index in [1.54, 1.807) is 0 Å². The van der Waals surface area contributed by atoms with E-state index in [0.29, 0.717) is 0 Å². The molecule has 0 amide bonds. The van der Waals surface area contributed by atoms with Crippen LogP contribution in [0.2, 0.25) is 0 Å². The summed E-state index contributed by atoms with van der Waals surface area (Å²) in [7, 11) is 2.13. The summed E-state index contributed by atoms with van der Waals surface area (Å²) < 4.78 is 6.99. The molecule has 5 nitrogen and oxygen atoms in total. The van der Waals surface area contributed by atoms with E-state index in [-0.39, 0.29) is 0 Å². The molecule has 1 aliphatic rings. The Kier molecular flexibility index (Phi) is 2.54. The molecule has 5 aromatic rings. The van der Waals surface area contributed by atoms with E-state index >= 15 is 0 Å². The third-order valence-corrected chi connectivity index (χ3v) is 5.35. The summed E-state index contributed by atoms with van der Waals surface area (Å²) in [5.41, 5.74) is 7.06. The maximum absolute atomic E-state index is 4.62. The number of fused-ring (bicyclic) bond motifs is 7. The lowest BCUT2D eigenvalue weighted by molar-refractivity contribution is -0.645. The minimum atomic E-state index is 0.788. The number of para-hydroxylation sites is 1. The summed E-state index contributed by atoms with van der Waals surface area (Å²) in [5, 5.41) is 1.17. The summed E-state index contributed by atoms with van der Waals surface area (Å²) in [6, 6.07) is 16.8. The maximum Gasteiger partial charge on any atom is 0.298 e. The van der Waals surface area contributed by atoms with Crippen molar-refractivity contribution in [3.63, 3.8) is 0 Å². The quantitative estimate of drug-likeness (QED) is 0.432. The predicted molar refractivity (Wildman–Crippen MR) is 100 cm³/mol. The Morgan fingerprint density at radius 1 is 1.00 bits per heavy atom. The van der Waals surface area contributed by atoms with Crippen molar-refractivity contribution in [1.82, 2.24) is 19.1 Å². The molecule has 6 rings (SSSR count). The monoisotopic (exact) mass is 338 g/mol. The van der Waals surface area contributed by atoms with Crippen LogP contribution in [0.3, 0.4) is 0 Å². The van der Waals surface area contributed by atoms with Gasteiger partial charge in [0.1, 0.15) is 12.2 Å². The minimum absolute atomic E-state index is 0.788. The number of imidazole rings is 1. The molecule has 0 saturated carbocycles. The maximum atomic E-state index is 4.62. The third-order valence-electron chi connectivity index (χ3n) is 5.35. The van der Waals surface area contributed by atoms with Gasteiger partial charge >= 0.3 is 0 Å². The van der Waals surface area contributed by atoms with Crippen molar-refractivity contribution >= 4 is 22.1 Å². The first-order valence-corrected chi connectivity index (χ1v) is 8.71. The number of pyridine rings is 2. The molecule has 0 atom stereocenters. The number of hydrogen-bond donors (Lipinski definition) is 0. The lowest BCUT2D eigenvalue weighted by Crippen LogP contribution is -2.31. The van der Waals surface area contributed by atoms with Gasteiger partial charge in [0.25, 0.3) is 11.5 Å². The van der Waals surface area contributed by atoms with Gasteiger partial charge in [-0.25, -0.2) is 4.57 Å². The van der Waals surface area contributed by atoms with Crippen LogP contribution in [0.5, 0.6) is 0 Å². The molecule has 1 aromatic carbocycles. The Hall–Kier alpha value is -3.47. The summed E-state index contributed by atoms with van der Waals surface area (Å²) in [6.07, 6.45) is 5.70. The van der Waals surface area contributed by atoms with Crippen molar-refractivity contribution in [2.45, 2.75) is 6.54 Å². The van der Waals surface area contributed by atoms with Crippen molar-refractivity contribution in [2.75, 3.05) is 0 Å². The number of benzene rings is 1. The fourth-order valence-corrected chi connectivity index (χ4v) is 4.26. The van der Waals surface area contributed by atoms with Gasteiger partial charge in [0.2, 0.25) is 5.52 Å². The van der Waals surface area contributed by atoms with Crippen LogP contribution in [-0.4, -0.2) is 19.1 Å². The van der Waals surface area contributed by atoms with Gasteiger partial charge in [-0.15, -0.1) is 0 Å². The summed E-state index contributed by atoms with van der Waals surface area (Å²) >= 11 is 0. The van der Waals surface area contributed by atoms with Crippen LogP contribution in [-0.2, 0) is 13.6 Å². The van der Waals surface area contributed by atoms with Gasteiger partial charge in [0.15, 0.2) is 0 Å². The van der Waals surface area contributed by atoms with Crippen LogP contribution in [0.4, 0.5) is 0 Å². The molecule has 26 heavy (non-hydrogen) atoms. The molecular weight excluding hydrogens is 322 g/mol. The molecule has 5 heterocycles. The average molecular weight is 338 g/mol. The Morgan fingerprint density at radius 2 is 1.88 bits per heavy atom. The van der Waals surface area contributed by atoms with E-state index in [9.17, 15) is 0 Å². The van der Waals surface area contributed by atoms with Crippen molar-refractivity contribution in [3.05, 3.63) is 72.8 Å². The third kappa shape index (κ3) is 1.57. The summed E-state index contributed by atoms with van der Waals surface area (Å²) in [6.45, 7) is 0.788. The number of aromatic nitrogens is 5.